The molecule has 1 heterocycles. The van der Waals surface area contributed by atoms with Crippen LogP contribution in [0, 0.1) is 0 Å². The number of nitrogens with zero attached hydrogens (tertiary/aromatic N) is 1. The quantitative estimate of drug-likeness (QED) is 0.288. The molecule has 2 aromatic carbocycles. The molecule has 181 valence electrons. The molecular weight excluding hydrogens is 553 g/mol. The van der Waals surface area contributed by atoms with Gasteiger partial charge in [0.1, 0.15) is 0 Å². The SMILES string of the molecule is CS(=O)(=O)O.O=[C-]OCC1c2ccccc2-c2ccc(NC(=O)CCN3C(=O)C=CC3=O)cc21.[Y]. The molecule has 1 atom stereocenters. The summed E-state index contributed by atoms with van der Waals surface area (Å²) in [5.74, 6) is -1.26. The monoisotopic (exact) mass is 574 g/mol. The number of rotatable bonds is 7. The van der Waals surface area contributed by atoms with E-state index in [1.807, 2.05) is 36.4 Å². The first-order valence-electron chi connectivity index (χ1n) is 10.1. The van der Waals surface area contributed by atoms with E-state index < -0.39 is 21.9 Å². The number of carbonyl (C=O) groups is 3. The number of carbonyl (C=O) groups excluding carboxylic acids is 4. The van der Waals surface area contributed by atoms with Crippen LogP contribution in [0.2, 0.25) is 0 Å². The molecule has 2 aromatic rings. The average Bonchev–Trinajstić information content (AvgIpc) is 3.25. The van der Waals surface area contributed by atoms with Crippen molar-refractivity contribution >= 4 is 40.0 Å². The maximum atomic E-state index is 12.3. The van der Waals surface area contributed by atoms with Crippen molar-refractivity contribution in [3.8, 4) is 11.1 Å². The van der Waals surface area contributed by atoms with Crippen molar-refractivity contribution < 1.29 is 69.6 Å². The molecule has 0 fully saturated rings. The zero-order valence-electron chi connectivity index (χ0n) is 18.6. The largest absolute Gasteiger partial charge is 0.652 e. The third kappa shape index (κ3) is 7.63. The zero-order valence-corrected chi connectivity index (χ0v) is 22.3. The first-order chi connectivity index (χ1) is 16.1. The van der Waals surface area contributed by atoms with Gasteiger partial charge in [-0.2, -0.15) is 8.42 Å². The molecule has 4 rings (SSSR count). The fourth-order valence-corrected chi connectivity index (χ4v) is 3.77. The van der Waals surface area contributed by atoms with Crippen molar-refractivity contribution in [3.63, 3.8) is 0 Å². The molecule has 3 amide bonds. The fraction of sp³-hybridized carbons (Fsp3) is 0.217. The van der Waals surface area contributed by atoms with Crippen LogP contribution in [-0.4, -0.2) is 61.5 Å². The summed E-state index contributed by atoms with van der Waals surface area (Å²) in [7, 11) is -3.67. The summed E-state index contributed by atoms with van der Waals surface area (Å²) < 4.78 is 30.8. The second kappa shape index (κ2) is 12.3. The molecule has 12 heteroatoms. The van der Waals surface area contributed by atoms with E-state index in [4.69, 9.17) is 9.29 Å². The van der Waals surface area contributed by atoms with E-state index in [1.165, 1.54) is 18.6 Å². The molecule has 1 radical (unpaired) electrons. The number of amides is 3. The Morgan fingerprint density at radius 3 is 2.31 bits per heavy atom. The van der Waals surface area contributed by atoms with Crippen LogP contribution < -0.4 is 5.32 Å². The Morgan fingerprint density at radius 2 is 1.69 bits per heavy atom. The minimum absolute atomic E-state index is 0. The van der Waals surface area contributed by atoms with E-state index in [-0.39, 0.29) is 64.1 Å². The summed E-state index contributed by atoms with van der Waals surface area (Å²) in [6, 6.07) is 13.5. The van der Waals surface area contributed by atoms with E-state index in [9.17, 15) is 27.6 Å². The molecule has 35 heavy (non-hydrogen) atoms. The topological polar surface area (TPSA) is 147 Å². The van der Waals surface area contributed by atoms with Gasteiger partial charge < -0.3 is 14.8 Å². The Balaban J connectivity index is 0.000000656. The van der Waals surface area contributed by atoms with Crippen molar-refractivity contribution in [2.75, 3.05) is 24.7 Å². The van der Waals surface area contributed by atoms with Crippen LogP contribution in [0.5, 0.6) is 0 Å². The summed E-state index contributed by atoms with van der Waals surface area (Å²) in [6.07, 6.45) is 3.10. The summed E-state index contributed by atoms with van der Waals surface area (Å²) >= 11 is 0. The molecule has 1 unspecified atom stereocenters. The van der Waals surface area contributed by atoms with E-state index in [1.54, 1.807) is 6.07 Å². The third-order valence-electron chi connectivity index (χ3n) is 5.11. The van der Waals surface area contributed by atoms with Gasteiger partial charge in [-0.3, -0.25) is 23.8 Å². The molecule has 0 spiro atoms. The smallest absolute Gasteiger partial charge is 0.261 e. The predicted octanol–water partition coefficient (Wildman–Crippen LogP) is 1.64. The van der Waals surface area contributed by atoms with Gasteiger partial charge in [0.25, 0.3) is 21.9 Å². The third-order valence-corrected chi connectivity index (χ3v) is 5.11. The Kier molecular flexibility index (Phi) is 10.0. The number of hydrogen-bond acceptors (Lipinski definition) is 7. The maximum absolute atomic E-state index is 12.3. The van der Waals surface area contributed by atoms with Crippen molar-refractivity contribution in [2.24, 2.45) is 0 Å². The molecule has 0 saturated heterocycles. The molecule has 2 aliphatic rings. The van der Waals surface area contributed by atoms with Gasteiger partial charge in [0.05, 0.1) is 12.9 Å². The Labute approximate surface area is 227 Å². The molecule has 0 bridgehead atoms. The maximum Gasteiger partial charge on any atom is 0.261 e. The molecule has 1 aliphatic carbocycles. The minimum atomic E-state index is -3.67. The first-order valence-corrected chi connectivity index (χ1v) is 11.9. The van der Waals surface area contributed by atoms with Gasteiger partial charge in [-0.25, -0.2) is 0 Å². The molecule has 0 aromatic heterocycles. The van der Waals surface area contributed by atoms with Crippen molar-refractivity contribution in [2.45, 2.75) is 12.3 Å². The van der Waals surface area contributed by atoms with Gasteiger partial charge in [-0.15, -0.1) is 0 Å². The molecule has 2 N–H and O–H groups in total. The summed E-state index contributed by atoms with van der Waals surface area (Å²) in [4.78, 5) is 47.0. The van der Waals surface area contributed by atoms with Crippen molar-refractivity contribution in [3.05, 3.63) is 65.7 Å². The molecule has 0 saturated carbocycles. The second-order valence-electron chi connectivity index (χ2n) is 7.53. The second-order valence-corrected chi connectivity index (χ2v) is 8.99. The number of fused-ring (bicyclic) bond motifs is 3. The fourth-order valence-electron chi connectivity index (χ4n) is 3.77. The molecular formula is C23H21N2O8SY-. The van der Waals surface area contributed by atoms with E-state index in [0.29, 0.717) is 11.9 Å². The number of benzene rings is 2. The van der Waals surface area contributed by atoms with Gasteiger partial charge >= 0.3 is 0 Å². The van der Waals surface area contributed by atoms with Gasteiger partial charge in [0.2, 0.25) is 5.91 Å². The standard InChI is InChI=1S/C22H17N2O5.CH4O3S.Y/c25-13-29-12-19-16-4-2-1-3-15(16)17-6-5-14(11-18(17)19)23-20(26)9-10-24-21(27)7-8-22(24)28;1-5(2,3)4;/h1-8,11,19H,9-10,12H2,(H,23,26);1H3,(H,2,3,4);/q-1;;. The normalized spacial score (nSPS) is 15.4. The Morgan fingerprint density at radius 1 is 1.09 bits per heavy atom. The first kappa shape index (κ1) is 28.5. The average molecular weight is 574 g/mol. The Bertz CT molecular complexity index is 1250. The number of ether oxygens (including phenoxy) is 1. The number of imide groups is 1. The van der Waals surface area contributed by atoms with Gasteiger partial charge in [-0.1, -0.05) is 36.8 Å². The van der Waals surface area contributed by atoms with Crippen LogP contribution in [-0.2, 0) is 66.7 Å². The van der Waals surface area contributed by atoms with Gasteiger partial charge in [-0.05, 0) is 34.4 Å². The molecule has 1 aliphatic heterocycles. The van der Waals surface area contributed by atoms with Crippen LogP contribution in [0.3, 0.4) is 0 Å². The van der Waals surface area contributed by atoms with Crippen LogP contribution in [0.15, 0.2) is 54.6 Å². The number of hydrogen-bond donors (Lipinski definition) is 2. The van der Waals surface area contributed by atoms with Crippen LogP contribution >= 0.6 is 0 Å². The number of anilines is 1. The summed E-state index contributed by atoms with van der Waals surface area (Å²) in [5, 5.41) is 2.80. The van der Waals surface area contributed by atoms with Crippen molar-refractivity contribution in [1.82, 2.24) is 4.90 Å². The van der Waals surface area contributed by atoms with E-state index in [0.717, 1.165) is 27.2 Å². The Hall–Kier alpha value is -2.73. The summed E-state index contributed by atoms with van der Waals surface area (Å²) in [5.41, 5.74) is 4.70. The van der Waals surface area contributed by atoms with Crippen LogP contribution in [0.25, 0.3) is 11.1 Å². The van der Waals surface area contributed by atoms with Crippen LogP contribution in [0.1, 0.15) is 23.5 Å². The van der Waals surface area contributed by atoms with E-state index in [2.05, 4.69) is 5.32 Å². The summed E-state index contributed by atoms with van der Waals surface area (Å²) in [6.45, 7) is 1.66. The van der Waals surface area contributed by atoms with Crippen molar-refractivity contribution in [1.29, 1.82) is 0 Å². The van der Waals surface area contributed by atoms with Gasteiger partial charge in [0, 0.05) is 69.4 Å². The van der Waals surface area contributed by atoms with Gasteiger partial charge in [0.15, 0.2) is 0 Å². The number of nitrogens with one attached hydrogen (secondary N) is 1. The molecule has 10 nitrogen and oxygen atoms in total. The predicted molar refractivity (Wildman–Crippen MR) is 122 cm³/mol. The minimum Gasteiger partial charge on any atom is -0.652 e. The van der Waals surface area contributed by atoms with E-state index >= 15 is 0 Å². The van der Waals surface area contributed by atoms with Crippen LogP contribution in [0.4, 0.5) is 5.69 Å². The zero-order chi connectivity index (χ0) is 24.9.